The number of ether oxygens (including phenoxy) is 3. The molecule has 6 nitrogen and oxygen atoms in total. The van der Waals surface area contributed by atoms with Crippen LogP contribution in [0.3, 0.4) is 0 Å². The highest BCUT2D eigenvalue weighted by Gasteiger charge is 2.27. The molecule has 2 aliphatic heterocycles. The van der Waals surface area contributed by atoms with E-state index in [0.29, 0.717) is 35.9 Å². The van der Waals surface area contributed by atoms with Gasteiger partial charge >= 0.3 is 6.09 Å². The van der Waals surface area contributed by atoms with Crippen LogP contribution in [-0.2, 0) is 15.5 Å². The van der Waals surface area contributed by atoms with Gasteiger partial charge in [-0.15, -0.1) is 0 Å². The second-order valence-corrected chi connectivity index (χ2v) is 10.5. The number of carbonyl (C=O) groups is 1. The second kappa shape index (κ2) is 9.10. The Balaban J connectivity index is 1.32. The predicted octanol–water partition coefficient (Wildman–Crippen LogP) is 4.98. The summed E-state index contributed by atoms with van der Waals surface area (Å²) in [5.41, 5.74) is 0.985. The molecule has 172 valence electrons. The summed E-state index contributed by atoms with van der Waals surface area (Å²) in [4.78, 5) is 14.6. The van der Waals surface area contributed by atoms with E-state index < -0.39 is 22.2 Å². The van der Waals surface area contributed by atoms with Crippen molar-refractivity contribution in [1.82, 2.24) is 4.90 Å². The number of hydrogen-bond donors (Lipinski definition) is 0. The fourth-order valence-electron chi connectivity index (χ4n) is 3.78. The molecule has 0 N–H and O–H groups in total. The molecule has 2 aromatic rings. The molecule has 0 saturated carbocycles. The summed E-state index contributed by atoms with van der Waals surface area (Å²) < 4.78 is 43.1. The van der Waals surface area contributed by atoms with Gasteiger partial charge in [0.15, 0.2) is 17.5 Å². The summed E-state index contributed by atoms with van der Waals surface area (Å²) in [7, 11) is -1.13. The largest absolute Gasteiger partial charge is 0.490 e. The first-order chi connectivity index (χ1) is 15.2. The second-order valence-electron chi connectivity index (χ2n) is 9.14. The van der Waals surface area contributed by atoms with Crippen molar-refractivity contribution < 1.29 is 27.6 Å². The number of rotatable bonds is 4. The van der Waals surface area contributed by atoms with Gasteiger partial charge in [-0.3, -0.25) is 4.21 Å². The van der Waals surface area contributed by atoms with Crippen LogP contribution in [0.5, 0.6) is 11.5 Å². The number of likely N-dealkylation sites (tertiary alicyclic amines) is 1. The molecule has 0 radical (unpaired) electrons. The molecule has 1 fully saturated rings. The van der Waals surface area contributed by atoms with E-state index in [0.717, 1.165) is 18.4 Å². The van der Waals surface area contributed by atoms with Crippen LogP contribution in [0.1, 0.15) is 33.6 Å². The Bertz CT molecular complexity index is 1030. The third-order valence-corrected chi connectivity index (χ3v) is 6.68. The highest BCUT2D eigenvalue weighted by Crippen LogP contribution is 2.34. The van der Waals surface area contributed by atoms with Gasteiger partial charge in [-0.2, -0.15) is 0 Å². The molecular formula is C24H28FNO5S. The molecule has 1 atom stereocenters. The van der Waals surface area contributed by atoms with Gasteiger partial charge in [0.1, 0.15) is 11.4 Å². The maximum atomic E-state index is 14.7. The van der Waals surface area contributed by atoms with Crippen LogP contribution in [0, 0.1) is 11.7 Å². The van der Waals surface area contributed by atoms with Crippen molar-refractivity contribution in [3.05, 3.63) is 42.2 Å². The molecule has 2 heterocycles. The Labute approximate surface area is 190 Å². The molecule has 2 aliphatic rings. The fraction of sp³-hybridized carbons (Fsp3) is 0.458. The Morgan fingerprint density at radius 3 is 2.53 bits per heavy atom. The summed E-state index contributed by atoms with van der Waals surface area (Å²) in [5.74, 6) is 0.777. The van der Waals surface area contributed by atoms with E-state index in [2.05, 4.69) is 0 Å². The van der Waals surface area contributed by atoms with Crippen molar-refractivity contribution in [1.29, 1.82) is 0 Å². The summed E-state index contributed by atoms with van der Waals surface area (Å²) >= 11 is 0. The molecule has 0 bridgehead atoms. The lowest BCUT2D eigenvalue weighted by Crippen LogP contribution is -2.42. The predicted molar refractivity (Wildman–Crippen MR) is 120 cm³/mol. The van der Waals surface area contributed by atoms with Gasteiger partial charge in [0.2, 0.25) is 0 Å². The Hall–Kier alpha value is -2.61. The minimum absolute atomic E-state index is 0.163. The van der Waals surface area contributed by atoms with Crippen LogP contribution in [0.25, 0.3) is 11.1 Å². The lowest BCUT2D eigenvalue weighted by atomic mass is 9.98. The summed E-state index contributed by atoms with van der Waals surface area (Å²) in [6.45, 7) is 7.17. The molecule has 1 unspecified atom stereocenters. The number of hydrogen-bond acceptors (Lipinski definition) is 5. The zero-order chi connectivity index (χ0) is 22.9. The average Bonchev–Trinajstić information content (AvgIpc) is 3.12. The molecule has 0 aliphatic carbocycles. The quantitative estimate of drug-likeness (QED) is 0.643. The van der Waals surface area contributed by atoms with E-state index in [9.17, 15) is 13.4 Å². The minimum atomic E-state index is -1.13. The maximum absolute atomic E-state index is 14.7. The highest BCUT2D eigenvalue weighted by atomic mass is 32.2. The van der Waals surface area contributed by atoms with Crippen LogP contribution in [0.15, 0.2) is 41.3 Å². The first kappa shape index (κ1) is 22.6. The van der Waals surface area contributed by atoms with Crippen LogP contribution < -0.4 is 9.47 Å². The maximum Gasteiger partial charge on any atom is 0.410 e. The van der Waals surface area contributed by atoms with Gasteiger partial charge < -0.3 is 19.1 Å². The van der Waals surface area contributed by atoms with E-state index in [4.69, 9.17) is 14.2 Å². The lowest BCUT2D eigenvalue weighted by molar-refractivity contribution is 0.0164. The first-order valence-electron chi connectivity index (χ1n) is 10.8. The third-order valence-electron chi connectivity index (χ3n) is 5.52. The van der Waals surface area contributed by atoms with Crippen molar-refractivity contribution in [3.63, 3.8) is 0 Å². The summed E-state index contributed by atoms with van der Waals surface area (Å²) in [6, 6.07) is 10.2. The van der Waals surface area contributed by atoms with E-state index in [1.807, 2.05) is 26.8 Å². The van der Waals surface area contributed by atoms with Gasteiger partial charge in [0, 0.05) is 13.1 Å². The normalized spacial score (nSPS) is 18.8. The lowest BCUT2D eigenvalue weighted by Gasteiger charge is -2.33. The fourth-order valence-corrected chi connectivity index (χ4v) is 4.71. The van der Waals surface area contributed by atoms with Crippen molar-refractivity contribution >= 4 is 16.9 Å². The number of nitrogens with zero attached hydrogens (tertiary/aromatic N) is 1. The molecule has 0 spiro atoms. The standard InChI is InChI=1S/C24H28FNO5S/c1-24(2,3)31-23(27)26-10-8-16(9-11-26)14-29-20-6-4-17(12-19(20)25)18-5-7-22-21(13-18)30-15-32(22)28/h4-7,12-13,16H,8-11,14-15H2,1-3H3. The number of halogens is 1. The van der Waals surface area contributed by atoms with Gasteiger partial charge in [0.25, 0.3) is 0 Å². The van der Waals surface area contributed by atoms with Gasteiger partial charge in [-0.1, -0.05) is 12.1 Å². The van der Waals surface area contributed by atoms with Gasteiger partial charge in [0.05, 0.1) is 22.3 Å². The average molecular weight is 462 g/mol. The molecule has 8 heteroatoms. The van der Waals surface area contributed by atoms with Crippen molar-refractivity contribution in [3.8, 4) is 22.6 Å². The van der Waals surface area contributed by atoms with Crippen LogP contribution in [-0.4, -0.2) is 46.4 Å². The highest BCUT2D eigenvalue weighted by molar-refractivity contribution is 7.85. The molecule has 1 saturated heterocycles. The molecular weight excluding hydrogens is 433 g/mol. The Morgan fingerprint density at radius 1 is 1.16 bits per heavy atom. The van der Waals surface area contributed by atoms with Crippen molar-refractivity contribution in [2.45, 2.75) is 44.1 Å². The zero-order valence-electron chi connectivity index (χ0n) is 18.6. The topological polar surface area (TPSA) is 65.1 Å². The van der Waals surface area contributed by atoms with E-state index in [-0.39, 0.29) is 23.7 Å². The molecule has 32 heavy (non-hydrogen) atoms. The van der Waals surface area contributed by atoms with E-state index >= 15 is 0 Å². The number of carbonyl (C=O) groups excluding carboxylic acids is 1. The smallest absolute Gasteiger partial charge is 0.410 e. The molecule has 1 amide bonds. The van der Waals surface area contributed by atoms with Crippen molar-refractivity contribution in [2.75, 3.05) is 25.6 Å². The minimum Gasteiger partial charge on any atom is -0.490 e. The molecule has 4 rings (SSSR count). The van der Waals surface area contributed by atoms with Crippen molar-refractivity contribution in [2.24, 2.45) is 5.92 Å². The number of benzene rings is 2. The monoisotopic (exact) mass is 461 g/mol. The summed E-state index contributed by atoms with van der Waals surface area (Å²) in [5, 5.41) is 0. The molecule has 0 aromatic heterocycles. The van der Waals surface area contributed by atoms with Crippen LogP contribution >= 0.6 is 0 Å². The number of amides is 1. The van der Waals surface area contributed by atoms with Crippen LogP contribution in [0.4, 0.5) is 9.18 Å². The Kier molecular flexibility index (Phi) is 6.42. The number of piperidine rings is 1. The van der Waals surface area contributed by atoms with E-state index in [1.165, 1.54) is 6.07 Å². The zero-order valence-corrected chi connectivity index (χ0v) is 19.4. The van der Waals surface area contributed by atoms with Gasteiger partial charge in [-0.05, 0) is 74.9 Å². The third kappa shape index (κ3) is 5.23. The SMILES string of the molecule is CC(C)(C)OC(=O)N1CCC(COc2ccc(-c3ccc4c(c3)OCS4=O)cc2F)CC1. The first-order valence-corrected chi connectivity index (χ1v) is 12.1. The van der Waals surface area contributed by atoms with Gasteiger partial charge in [-0.25, -0.2) is 9.18 Å². The Morgan fingerprint density at radius 2 is 1.84 bits per heavy atom. The summed E-state index contributed by atoms with van der Waals surface area (Å²) in [6.07, 6.45) is 1.28. The molecule has 2 aromatic carbocycles. The van der Waals surface area contributed by atoms with E-state index in [1.54, 1.807) is 29.2 Å². The van der Waals surface area contributed by atoms with Crippen LogP contribution in [0.2, 0.25) is 0 Å². The number of fused-ring (bicyclic) bond motifs is 1.